The van der Waals surface area contributed by atoms with Gasteiger partial charge in [0.2, 0.25) is 0 Å². The van der Waals surface area contributed by atoms with Crippen LogP contribution in [0, 0.1) is 12.8 Å². The first-order chi connectivity index (χ1) is 9.79. The number of aromatic nitrogens is 2. The van der Waals surface area contributed by atoms with Gasteiger partial charge in [-0.2, -0.15) is 18.3 Å². The van der Waals surface area contributed by atoms with Crippen LogP contribution in [0.4, 0.5) is 13.2 Å². The Morgan fingerprint density at radius 2 is 2.10 bits per heavy atom. The van der Waals surface area contributed by atoms with Gasteiger partial charge in [-0.25, -0.2) is 0 Å². The Morgan fingerprint density at radius 1 is 1.38 bits per heavy atom. The second-order valence-electron chi connectivity index (χ2n) is 5.52. The molecule has 1 aromatic rings. The Hall–Kier alpha value is -1.08. The largest absolute Gasteiger partial charge is 0.411 e. The van der Waals surface area contributed by atoms with Crippen LogP contribution in [-0.4, -0.2) is 35.7 Å². The van der Waals surface area contributed by atoms with Gasteiger partial charge in [0.25, 0.3) is 0 Å². The molecule has 1 N–H and O–H groups in total. The third-order valence-electron chi connectivity index (χ3n) is 3.00. The second kappa shape index (κ2) is 8.38. The lowest BCUT2D eigenvalue weighted by molar-refractivity contribution is -0.174. The lowest BCUT2D eigenvalue weighted by Gasteiger charge is -2.09. The number of rotatable bonds is 9. The van der Waals surface area contributed by atoms with Crippen LogP contribution in [-0.2, 0) is 17.8 Å². The van der Waals surface area contributed by atoms with Crippen molar-refractivity contribution >= 4 is 0 Å². The van der Waals surface area contributed by atoms with Crippen molar-refractivity contribution in [3.8, 4) is 0 Å². The average Bonchev–Trinajstić information content (AvgIpc) is 2.69. The van der Waals surface area contributed by atoms with Crippen LogP contribution in [0.3, 0.4) is 0 Å². The first-order valence-electron chi connectivity index (χ1n) is 7.16. The topological polar surface area (TPSA) is 39.1 Å². The molecule has 0 amide bonds. The summed E-state index contributed by atoms with van der Waals surface area (Å²) in [4.78, 5) is 0. The molecule has 0 atom stereocenters. The molecular formula is C14H24F3N3O. The Bertz CT molecular complexity index is 416. The number of aryl methyl sites for hydroxylation is 1. The summed E-state index contributed by atoms with van der Waals surface area (Å²) in [5.74, 6) is 0.589. The Morgan fingerprint density at radius 3 is 2.71 bits per heavy atom. The summed E-state index contributed by atoms with van der Waals surface area (Å²) in [6, 6.07) is 0. The predicted octanol–water partition coefficient (Wildman–Crippen LogP) is 2.91. The minimum Gasteiger partial charge on any atom is -0.372 e. The molecule has 1 heterocycles. The smallest absolute Gasteiger partial charge is 0.372 e. The normalized spacial score (nSPS) is 12.3. The van der Waals surface area contributed by atoms with Gasteiger partial charge in [0.05, 0.1) is 6.20 Å². The van der Waals surface area contributed by atoms with Crippen LogP contribution in [0.5, 0.6) is 0 Å². The van der Waals surface area contributed by atoms with Crippen molar-refractivity contribution in [3.05, 3.63) is 17.5 Å². The minimum absolute atomic E-state index is 0.0831. The molecule has 21 heavy (non-hydrogen) atoms. The molecule has 0 saturated carbocycles. The predicted molar refractivity (Wildman–Crippen MR) is 75.0 cm³/mol. The maximum Gasteiger partial charge on any atom is 0.411 e. The summed E-state index contributed by atoms with van der Waals surface area (Å²) in [7, 11) is 0. The fraction of sp³-hybridized carbons (Fsp3) is 0.786. The van der Waals surface area contributed by atoms with Crippen molar-refractivity contribution in [1.29, 1.82) is 0 Å². The lowest BCUT2D eigenvalue weighted by atomic mass is 10.2. The highest BCUT2D eigenvalue weighted by molar-refractivity contribution is 5.15. The zero-order valence-corrected chi connectivity index (χ0v) is 12.8. The van der Waals surface area contributed by atoms with Crippen LogP contribution in [0.25, 0.3) is 0 Å². The Labute approximate surface area is 123 Å². The van der Waals surface area contributed by atoms with E-state index >= 15 is 0 Å². The van der Waals surface area contributed by atoms with Gasteiger partial charge in [-0.05, 0) is 25.8 Å². The molecule has 0 aromatic carbocycles. The van der Waals surface area contributed by atoms with Crippen LogP contribution in [0.2, 0.25) is 0 Å². The zero-order valence-electron chi connectivity index (χ0n) is 12.8. The van der Waals surface area contributed by atoms with Gasteiger partial charge < -0.3 is 10.1 Å². The highest BCUT2D eigenvalue weighted by atomic mass is 19.4. The lowest BCUT2D eigenvalue weighted by Crippen LogP contribution is -2.19. The highest BCUT2D eigenvalue weighted by Gasteiger charge is 2.27. The summed E-state index contributed by atoms with van der Waals surface area (Å²) in [6.07, 6.45) is -1.94. The van der Waals surface area contributed by atoms with E-state index in [4.69, 9.17) is 0 Å². The SMILES string of the molecule is Cc1c(CNCC(C)C)cnn1CCCOCC(F)(F)F. The standard InChI is InChI=1S/C14H24F3N3O/c1-11(2)7-18-8-13-9-19-20(12(13)3)5-4-6-21-10-14(15,16)17/h9,11,18H,4-8,10H2,1-3H3. The molecule has 4 nitrogen and oxygen atoms in total. The van der Waals surface area contributed by atoms with Crippen LogP contribution < -0.4 is 5.32 Å². The van der Waals surface area contributed by atoms with Crippen molar-refractivity contribution in [2.75, 3.05) is 19.8 Å². The third-order valence-corrected chi connectivity index (χ3v) is 3.00. The van der Waals surface area contributed by atoms with Gasteiger partial charge in [-0.1, -0.05) is 13.8 Å². The maximum absolute atomic E-state index is 11.9. The molecule has 0 spiro atoms. The molecule has 0 saturated heterocycles. The van der Waals surface area contributed by atoms with E-state index in [9.17, 15) is 13.2 Å². The van der Waals surface area contributed by atoms with E-state index in [1.54, 1.807) is 6.20 Å². The molecule has 7 heteroatoms. The molecule has 1 rings (SSSR count). The minimum atomic E-state index is -4.25. The van der Waals surface area contributed by atoms with E-state index < -0.39 is 12.8 Å². The monoisotopic (exact) mass is 307 g/mol. The van der Waals surface area contributed by atoms with E-state index in [-0.39, 0.29) is 6.61 Å². The highest BCUT2D eigenvalue weighted by Crippen LogP contribution is 2.14. The number of nitrogens with one attached hydrogen (secondary N) is 1. The van der Waals surface area contributed by atoms with Gasteiger partial charge in [0.15, 0.2) is 0 Å². The molecular weight excluding hydrogens is 283 g/mol. The average molecular weight is 307 g/mol. The van der Waals surface area contributed by atoms with Gasteiger partial charge >= 0.3 is 6.18 Å². The van der Waals surface area contributed by atoms with E-state index in [0.717, 1.165) is 24.3 Å². The molecule has 0 aliphatic heterocycles. The third kappa shape index (κ3) is 7.47. The number of alkyl halides is 3. The van der Waals surface area contributed by atoms with Crippen molar-refractivity contribution in [2.45, 2.75) is 46.5 Å². The van der Waals surface area contributed by atoms with Gasteiger partial charge in [0, 0.05) is 31.0 Å². The van der Waals surface area contributed by atoms with E-state index in [1.807, 2.05) is 11.6 Å². The summed E-state index contributed by atoms with van der Waals surface area (Å²) in [6.45, 7) is 7.41. The molecule has 0 fully saturated rings. The van der Waals surface area contributed by atoms with Gasteiger partial charge in [-0.3, -0.25) is 4.68 Å². The van der Waals surface area contributed by atoms with Crippen LogP contribution >= 0.6 is 0 Å². The number of hydrogen-bond acceptors (Lipinski definition) is 3. The Balaban J connectivity index is 2.28. The molecule has 0 bridgehead atoms. The molecule has 0 aliphatic carbocycles. The fourth-order valence-electron chi connectivity index (χ4n) is 1.88. The van der Waals surface area contributed by atoms with Crippen molar-refractivity contribution in [3.63, 3.8) is 0 Å². The van der Waals surface area contributed by atoms with Crippen molar-refractivity contribution in [1.82, 2.24) is 15.1 Å². The fourth-order valence-corrected chi connectivity index (χ4v) is 1.88. The summed E-state index contributed by atoms with van der Waals surface area (Å²) in [5, 5.41) is 7.60. The first kappa shape index (κ1) is 18.0. The van der Waals surface area contributed by atoms with Crippen LogP contribution in [0.15, 0.2) is 6.20 Å². The second-order valence-corrected chi connectivity index (χ2v) is 5.52. The first-order valence-corrected chi connectivity index (χ1v) is 7.16. The van der Waals surface area contributed by atoms with Crippen molar-refractivity contribution < 1.29 is 17.9 Å². The van der Waals surface area contributed by atoms with Gasteiger partial charge in [-0.15, -0.1) is 0 Å². The number of nitrogens with zero attached hydrogens (tertiary/aromatic N) is 2. The number of hydrogen-bond donors (Lipinski definition) is 1. The van der Waals surface area contributed by atoms with Crippen molar-refractivity contribution in [2.24, 2.45) is 5.92 Å². The molecule has 1 aromatic heterocycles. The quantitative estimate of drug-likeness (QED) is 0.713. The zero-order chi connectivity index (χ0) is 15.9. The van der Waals surface area contributed by atoms with E-state index in [2.05, 4.69) is 29.0 Å². The number of ether oxygens (including phenoxy) is 1. The van der Waals surface area contributed by atoms with E-state index in [0.29, 0.717) is 18.9 Å². The molecule has 122 valence electrons. The molecule has 0 aliphatic rings. The summed E-state index contributed by atoms with van der Waals surface area (Å²) < 4.78 is 42.1. The summed E-state index contributed by atoms with van der Waals surface area (Å²) >= 11 is 0. The van der Waals surface area contributed by atoms with Crippen LogP contribution in [0.1, 0.15) is 31.5 Å². The summed E-state index contributed by atoms with van der Waals surface area (Å²) in [5.41, 5.74) is 2.16. The number of halogens is 3. The molecule has 0 radical (unpaired) electrons. The van der Waals surface area contributed by atoms with Gasteiger partial charge in [0.1, 0.15) is 6.61 Å². The van der Waals surface area contributed by atoms with E-state index in [1.165, 1.54) is 0 Å². The maximum atomic E-state index is 11.9. The molecule has 0 unspecified atom stereocenters. The Kier molecular flexibility index (Phi) is 7.17.